The molecular formula is C18H27ClN2O3. The molecule has 0 saturated carbocycles. The molecule has 24 heavy (non-hydrogen) atoms. The molecular weight excluding hydrogens is 328 g/mol. The minimum absolute atomic E-state index is 0. The number of amides is 1. The van der Waals surface area contributed by atoms with Gasteiger partial charge in [-0.3, -0.25) is 4.79 Å². The Hall–Kier alpha value is -1.30. The van der Waals surface area contributed by atoms with Crippen LogP contribution in [0.1, 0.15) is 42.6 Å². The largest absolute Gasteiger partial charge is 0.507 e. The van der Waals surface area contributed by atoms with Crippen LogP contribution in [0.2, 0.25) is 0 Å². The van der Waals surface area contributed by atoms with E-state index < -0.39 is 0 Å². The van der Waals surface area contributed by atoms with Gasteiger partial charge in [-0.1, -0.05) is 12.1 Å². The standard InChI is InChI=1S/C18H26N2O3.ClH/c1-11-3-4-14-15(18(11)22)9-16(23-17(14)10-19)13-5-7-20(8-6-13)12(2)21;/h3-4,13,16-17,22H,5-10,19H2,1-2H3;1H/t16-,17-;/m0./s1. The maximum atomic E-state index is 11.5. The van der Waals surface area contributed by atoms with Gasteiger partial charge >= 0.3 is 0 Å². The van der Waals surface area contributed by atoms with Gasteiger partial charge in [0.1, 0.15) is 5.75 Å². The third-order valence-electron chi connectivity index (χ3n) is 5.34. The molecule has 1 saturated heterocycles. The number of benzene rings is 1. The fraction of sp³-hybridized carbons (Fsp3) is 0.611. The van der Waals surface area contributed by atoms with Crippen molar-refractivity contribution in [2.45, 2.75) is 45.3 Å². The number of aryl methyl sites for hydroxylation is 1. The molecule has 0 radical (unpaired) electrons. The molecule has 6 heteroatoms. The normalized spacial score (nSPS) is 24.2. The molecule has 2 aliphatic rings. The van der Waals surface area contributed by atoms with Gasteiger partial charge in [-0.25, -0.2) is 0 Å². The van der Waals surface area contributed by atoms with Crippen molar-refractivity contribution >= 4 is 18.3 Å². The number of nitrogens with zero attached hydrogens (tertiary/aromatic N) is 1. The monoisotopic (exact) mass is 354 g/mol. The Morgan fingerprint density at radius 3 is 2.62 bits per heavy atom. The molecule has 0 aliphatic carbocycles. The highest BCUT2D eigenvalue weighted by Gasteiger charge is 2.35. The lowest BCUT2D eigenvalue weighted by Gasteiger charge is -2.40. The van der Waals surface area contributed by atoms with Gasteiger partial charge in [0.25, 0.3) is 0 Å². The number of piperidine rings is 1. The van der Waals surface area contributed by atoms with E-state index in [1.165, 1.54) is 0 Å². The molecule has 0 aromatic heterocycles. The van der Waals surface area contributed by atoms with Crippen molar-refractivity contribution in [3.8, 4) is 5.75 Å². The van der Waals surface area contributed by atoms with Crippen LogP contribution in [-0.2, 0) is 16.0 Å². The second-order valence-corrected chi connectivity index (χ2v) is 6.75. The fourth-order valence-corrected chi connectivity index (χ4v) is 3.87. The number of ether oxygens (including phenoxy) is 1. The minimum atomic E-state index is -0.152. The number of likely N-dealkylation sites (tertiary alicyclic amines) is 1. The van der Waals surface area contributed by atoms with E-state index in [-0.39, 0.29) is 30.5 Å². The van der Waals surface area contributed by atoms with Gasteiger partial charge in [-0.15, -0.1) is 12.4 Å². The van der Waals surface area contributed by atoms with Crippen LogP contribution in [0.5, 0.6) is 5.75 Å². The number of carbonyl (C=O) groups excluding carboxylic acids is 1. The predicted octanol–water partition coefficient (Wildman–Crippen LogP) is 2.32. The summed E-state index contributed by atoms with van der Waals surface area (Å²) >= 11 is 0. The van der Waals surface area contributed by atoms with E-state index in [9.17, 15) is 9.90 Å². The number of phenols is 1. The van der Waals surface area contributed by atoms with Gasteiger partial charge in [0.15, 0.2) is 0 Å². The molecule has 3 rings (SSSR count). The Balaban J connectivity index is 0.00000208. The van der Waals surface area contributed by atoms with Crippen LogP contribution in [0.3, 0.4) is 0 Å². The molecule has 5 nitrogen and oxygen atoms in total. The summed E-state index contributed by atoms with van der Waals surface area (Å²) in [6, 6.07) is 3.95. The number of rotatable bonds is 2. The van der Waals surface area contributed by atoms with Crippen molar-refractivity contribution in [3.05, 3.63) is 28.8 Å². The second kappa shape index (κ2) is 7.72. The molecule has 2 atom stereocenters. The van der Waals surface area contributed by atoms with Crippen LogP contribution in [0.4, 0.5) is 0 Å². The van der Waals surface area contributed by atoms with Crippen molar-refractivity contribution < 1.29 is 14.6 Å². The number of fused-ring (bicyclic) bond motifs is 1. The Bertz CT molecular complexity index is 600. The Labute approximate surface area is 149 Å². The topological polar surface area (TPSA) is 75.8 Å². The Morgan fingerprint density at radius 1 is 1.38 bits per heavy atom. The van der Waals surface area contributed by atoms with Crippen molar-refractivity contribution in [2.24, 2.45) is 11.7 Å². The van der Waals surface area contributed by atoms with E-state index in [0.29, 0.717) is 18.2 Å². The number of nitrogens with two attached hydrogens (primary N) is 1. The van der Waals surface area contributed by atoms with Gasteiger partial charge in [-0.2, -0.15) is 0 Å². The first-order valence-corrected chi connectivity index (χ1v) is 8.43. The fourth-order valence-electron chi connectivity index (χ4n) is 3.87. The summed E-state index contributed by atoms with van der Waals surface area (Å²) < 4.78 is 6.25. The highest BCUT2D eigenvalue weighted by atomic mass is 35.5. The summed E-state index contributed by atoms with van der Waals surface area (Å²) in [7, 11) is 0. The van der Waals surface area contributed by atoms with E-state index in [1.54, 1.807) is 6.92 Å². The van der Waals surface area contributed by atoms with E-state index in [2.05, 4.69) is 0 Å². The summed E-state index contributed by atoms with van der Waals surface area (Å²) in [4.78, 5) is 13.4. The Morgan fingerprint density at radius 2 is 2.04 bits per heavy atom. The molecule has 1 aromatic carbocycles. The third kappa shape index (κ3) is 3.53. The quantitative estimate of drug-likeness (QED) is 0.854. The van der Waals surface area contributed by atoms with Gasteiger partial charge in [0.2, 0.25) is 5.91 Å². The average Bonchev–Trinajstić information content (AvgIpc) is 2.57. The van der Waals surface area contributed by atoms with Crippen molar-refractivity contribution in [3.63, 3.8) is 0 Å². The summed E-state index contributed by atoms with van der Waals surface area (Å²) in [5, 5.41) is 10.4. The number of hydrogen-bond acceptors (Lipinski definition) is 4. The molecule has 3 N–H and O–H groups in total. The van der Waals surface area contributed by atoms with Crippen molar-refractivity contribution in [2.75, 3.05) is 19.6 Å². The molecule has 0 unspecified atom stereocenters. The number of carbonyl (C=O) groups is 1. The lowest BCUT2D eigenvalue weighted by molar-refractivity contribution is -0.131. The summed E-state index contributed by atoms with van der Waals surface area (Å²) in [6.45, 7) is 5.54. The molecule has 2 heterocycles. The molecule has 1 fully saturated rings. The average molecular weight is 355 g/mol. The van der Waals surface area contributed by atoms with Crippen LogP contribution in [0.15, 0.2) is 12.1 Å². The maximum Gasteiger partial charge on any atom is 0.219 e. The van der Waals surface area contributed by atoms with Gasteiger partial charge in [0, 0.05) is 38.5 Å². The minimum Gasteiger partial charge on any atom is -0.507 e. The zero-order valence-corrected chi connectivity index (χ0v) is 15.1. The van der Waals surface area contributed by atoms with Gasteiger partial charge in [0.05, 0.1) is 12.2 Å². The summed E-state index contributed by atoms with van der Waals surface area (Å²) in [5.74, 6) is 0.939. The summed E-state index contributed by atoms with van der Waals surface area (Å²) in [5.41, 5.74) is 8.81. The molecule has 134 valence electrons. The van der Waals surface area contributed by atoms with E-state index in [0.717, 1.165) is 49.0 Å². The molecule has 2 aliphatic heterocycles. The van der Waals surface area contributed by atoms with Crippen molar-refractivity contribution in [1.82, 2.24) is 4.90 Å². The maximum absolute atomic E-state index is 11.5. The predicted molar refractivity (Wildman–Crippen MR) is 95.4 cm³/mol. The molecule has 1 aromatic rings. The summed E-state index contributed by atoms with van der Waals surface area (Å²) in [6.07, 6.45) is 2.54. The second-order valence-electron chi connectivity index (χ2n) is 6.75. The van der Waals surface area contributed by atoms with Gasteiger partial charge in [-0.05, 0) is 36.8 Å². The zero-order chi connectivity index (χ0) is 16.6. The van der Waals surface area contributed by atoms with E-state index in [1.807, 2.05) is 24.0 Å². The van der Waals surface area contributed by atoms with Crippen LogP contribution in [-0.4, -0.2) is 41.7 Å². The molecule has 0 spiro atoms. The number of halogens is 1. The van der Waals surface area contributed by atoms with Crippen LogP contribution in [0, 0.1) is 12.8 Å². The molecule has 1 amide bonds. The smallest absolute Gasteiger partial charge is 0.219 e. The first-order chi connectivity index (χ1) is 11.0. The van der Waals surface area contributed by atoms with Crippen molar-refractivity contribution in [1.29, 1.82) is 0 Å². The van der Waals surface area contributed by atoms with Crippen LogP contribution < -0.4 is 5.73 Å². The van der Waals surface area contributed by atoms with Crippen LogP contribution >= 0.6 is 12.4 Å². The first-order valence-electron chi connectivity index (χ1n) is 8.43. The van der Waals surface area contributed by atoms with E-state index >= 15 is 0 Å². The lowest BCUT2D eigenvalue weighted by atomic mass is 9.83. The highest BCUT2D eigenvalue weighted by molar-refractivity contribution is 5.85. The third-order valence-corrected chi connectivity index (χ3v) is 5.34. The first kappa shape index (κ1) is 19.0. The van der Waals surface area contributed by atoms with Gasteiger partial charge < -0.3 is 20.5 Å². The highest BCUT2D eigenvalue weighted by Crippen LogP contribution is 2.40. The number of hydrogen-bond donors (Lipinski definition) is 2. The SMILES string of the molecule is CC(=O)N1CCC([C@@H]2Cc3c(ccc(C)c3O)[C@H](CN)O2)CC1.Cl. The number of aromatic hydroxyl groups is 1. The molecule has 0 bridgehead atoms. The Kier molecular flexibility index (Phi) is 6.12. The zero-order valence-electron chi connectivity index (χ0n) is 14.3. The number of phenolic OH excluding ortho intramolecular Hbond substituents is 1. The van der Waals surface area contributed by atoms with Crippen LogP contribution in [0.25, 0.3) is 0 Å². The van der Waals surface area contributed by atoms with E-state index in [4.69, 9.17) is 10.5 Å². The lowest BCUT2D eigenvalue weighted by Crippen LogP contribution is -2.43.